The van der Waals surface area contributed by atoms with E-state index in [1.807, 2.05) is 39.0 Å². The molecule has 1 heterocycles. The first kappa shape index (κ1) is 15.4. The number of nitrogens with one attached hydrogen (secondary N) is 2. The van der Waals surface area contributed by atoms with Crippen LogP contribution in [0, 0.1) is 12.8 Å². The number of hydrogen-bond acceptors (Lipinski definition) is 4. The summed E-state index contributed by atoms with van der Waals surface area (Å²) in [4.78, 5) is 27.9. The first-order chi connectivity index (χ1) is 9.86. The van der Waals surface area contributed by atoms with Crippen LogP contribution in [-0.4, -0.2) is 22.8 Å². The van der Waals surface area contributed by atoms with Gasteiger partial charge < -0.3 is 10.6 Å². The Balaban J connectivity index is 2.17. The van der Waals surface area contributed by atoms with Crippen LogP contribution in [0.25, 0.3) is 10.2 Å². The third kappa shape index (κ3) is 3.78. The standard InChI is InChI=1S/C15H19N3O2S/c1-8(2)13(16-10(4)19)14(20)18-15-17-11-6-5-9(3)7-12(11)21-15/h5-8,13H,1-4H3,(H,16,19)(H,17,18,20)/t13-/m0/s1. The van der Waals surface area contributed by atoms with Crippen LogP contribution in [-0.2, 0) is 9.59 Å². The molecule has 2 aromatic rings. The van der Waals surface area contributed by atoms with Crippen LogP contribution in [0.4, 0.5) is 5.13 Å². The minimum Gasteiger partial charge on any atom is -0.344 e. The number of carbonyl (C=O) groups is 2. The molecule has 2 amide bonds. The molecule has 0 fully saturated rings. The predicted molar refractivity (Wildman–Crippen MR) is 85.4 cm³/mol. The second kappa shape index (κ2) is 6.22. The number of thiazole rings is 1. The van der Waals surface area contributed by atoms with E-state index in [1.165, 1.54) is 18.3 Å². The van der Waals surface area contributed by atoms with E-state index in [-0.39, 0.29) is 17.7 Å². The molecule has 1 aromatic carbocycles. The average molecular weight is 305 g/mol. The van der Waals surface area contributed by atoms with Crippen LogP contribution < -0.4 is 10.6 Å². The molecule has 0 saturated carbocycles. The summed E-state index contributed by atoms with van der Waals surface area (Å²) >= 11 is 1.43. The zero-order valence-corrected chi connectivity index (χ0v) is 13.4. The number of fused-ring (bicyclic) bond motifs is 1. The van der Waals surface area contributed by atoms with E-state index >= 15 is 0 Å². The Bertz CT molecular complexity index is 679. The highest BCUT2D eigenvalue weighted by molar-refractivity contribution is 7.22. The molecule has 1 aromatic heterocycles. The maximum atomic E-state index is 12.3. The Morgan fingerprint density at radius 3 is 2.62 bits per heavy atom. The fourth-order valence-corrected chi connectivity index (χ4v) is 2.99. The molecule has 112 valence electrons. The van der Waals surface area contributed by atoms with Gasteiger partial charge in [0.15, 0.2) is 5.13 Å². The van der Waals surface area contributed by atoms with Crippen molar-refractivity contribution in [3.63, 3.8) is 0 Å². The second-order valence-corrected chi connectivity index (χ2v) is 6.43. The summed E-state index contributed by atoms with van der Waals surface area (Å²) in [6, 6.07) is 5.40. The van der Waals surface area contributed by atoms with Gasteiger partial charge in [-0.1, -0.05) is 31.3 Å². The third-order valence-corrected chi connectivity index (χ3v) is 4.02. The smallest absolute Gasteiger partial charge is 0.248 e. The van der Waals surface area contributed by atoms with Crippen LogP contribution in [0.1, 0.15) is 26.3 Å². The van der Waals surface area contributed by atoms with Crippen molar-refractivity contribution in [2.24, 2.45) is 5.92 Å². The quantitative estimate of drug-likeness (QED) is 0.912. The molecule has 0 aliphatic rings. The monoisotopic (exact) mass is 305 g/mol. The molecule has 0 saturated heterocycles. The summed E-state index contributed by atoms with van der Waals surface area (Å²) in [7, 11) is 0. The van der Waals surface area contributed by atoms with Crippen molar-refractivity contribution in [3.8, 4) is 0 Å². The van der Waals surface area contributed by atoms with Crippen molar-refractivity contribution >= 4 is 38.5 Å². The molecule has 0 spiro atoms. The molecule has 6 heteroatoms. The lowest BCUT2D eigenvalue weighted by atomic mass is 10.0. The van der Waals surface area contributed by atoms with E-state index in [1.54, 1.807) is 0 Å². The SMILES string of the molecule is CC(=O)N[C@H](C(=O)Nc1nc2ccc(C)cc2s1)C(C)C. The van der Waals surface area contributed by atoms with E-state index in [4.69, 9.17) is 0 Å². The van der Waals surface area contributed by atoms with Gasteiger partial charge in [-0.3, -0.25) is 9.59 Å². The molecule has 2 N–H and O–H groups in total. The zero-order valence-electron chi connectivity index (χ0n) is 12.6. The van der Waals surface area contributed by atoms with E-state index in [0.717, 1.165) is 15.8 Å². The maximum absolute atomic E-state index is 12.3. The first-order valence-corrected chi connectivity index (χ1v) is 7.63. The molecule has 1 atom stereocenters. The number of carbonyl (C=O) groups excluding carboxylic acids is 2. The highest BCUT2D eigenvalue weighted by atomic mass is 32.1. The van der Waals surface area contributed by atoms with Gasteiger partial charge in [0.1, 0.15) is 6.04 Å². The van der Waals surface area contributed by atoms with E-state index in [2.05, 4.69) is 15.6 Å². The Kier molecular flexibility index (Phi) is 4.57. The Morgan fingerprint density at radius 2 is 2.00 bits per heavy atom. The van der Waals surface area contributed by atoms with Gasteiger partial charge in [-0.2, -0.15) is 0 Å². The second-order valence-electron chi connectivity index (χ2n) is 5.40. The largest absolute Gasteiger partial charge is 0.344 e. The van der Waals surface area contributed by atoms with Crippen molar-refractivity contribution in [2.75, 3.05) is 5.32 Å². The molecule has 0 aliphatic carbocycles. The van der Waals surface area contributed by atoms with Crippen LogP contribution in [0.3, 0.4) is 0 Å². The number of anilines is 1. The van der Waals surface area contributed by atoms with Crippen molar-refractivity contribution in [3.05, 3.63) is 23.8 Å². The Morgan fingerprint density at radius 1 is 1.29 bits per heavy atom. The van der Waals surface area contributed by atoms with Gasteiger partial charge in [-0.05, 0) is 30.5 Å². The van der Waals surface area contributed by atoms with Crippen molar-refractivity contribution in [1.82, 2.24) is 10.3 Å². The number of hydrogen-bond donors (Lipinski definition) is 2. The van der Waals surface area contributed by atoms with Crippen molar-refractivity contribution in [1.29, 1.82) is 0 Å². The topological polar surface area (TPSA) is 71.1 Å². The number of benzene rings is 1. The number of amides is 2. The first-order valence-electron chi connectivity index (χ1n) is 6.82. The van der Waals surface area contributed by atoms with Gasteiger partial charge in [0.2, 0.25) is 11.8 Å². The number of aromatic nitrogens is 1. The summed E-state index contributed by atoms with van der Waals surface area (Å²) in [5.41, 5.74) is 2.02. The summed E-state index contributed by atoms with van der Waals surface area (Å²) < 4.78 is 1.03. The predicted octanol–water partition coefficient (Wildman–Crippen LogP) is 2.70. The van der Waals surface area contributed by atoms with Gasteiger partial charge in [-0.15, -0.1) is 0 Å². The van der Waals surface area contributed by atoms with Crippen LogP contribution in [0.15, 0.2) is 18.2 Å². The lowest BCUT2D eigenvalue weighted by Crippen LogP contribution is -2.46. The fraction of sp³-hybridized carbons (Fsp3) is 0.400. The Labute approximate surface area is 127 Å². The summed E-state index contributed by atoms with van der Waals surface area (Å²) in [5, 5.41) is 6.01. The number of nitrogens with zero attached hydrogens (tertiary/aromatic N) is 1. The van der Waals surface area contributed by atoms with E-state index in [9.17, 15) is 9.59 Å². The molecular formula is C15H19N3O2S. The molecule has 5 nitrogen and oxygen atoms in total. The normalized spacial score (nSPS) is 12.4. The summed E-state index contributed by atoms with van der Waals surface area (Å²) in [5.74, 6) is -0.453. The molecular weight excluding hydrogens is 286 g/mol. The number of rotatable bonds is 4. The van der Waals surface area contributed by atoms with Gasteiger partial charge in [0.05, 0.1) is 10.2 Å². The van der Waals surface area contributed by atoms with Gasteiger partial charge in [0.25, 0.3) is 0 Å². The minimum absolute atomic E-state index is 0.00511. The van der Waals surface area contributed by atoms with Gasteiger partial charge in [-0.25, -0.2) is 4.98 Å². The summed E-state index contributed by atoms with van der Waals surface area (Å²) in [6.07, 6.45) is 0. The van der Waals surface area contributed by atoms with Crippen molar-refractivity contribution < 1.29 is 9.59 Å². The molecule has 0 aliphatic heterocycles. The average Bonchev–Trinajstić information content (AvgIpc) is 2.76. The van der Waals surface area contributed by atoms with Crippen LogP contribution in [0.5, 0.6) is 0 Å². The lowest BCUT2D eigenvalue weighted by molar-refractivity contribution is -0.126. The minimum atomic E-state index is -0.559. The maximum Gasteiger partial charge on any atom is 0.248 e. The van der Waals surface area contributed by atoms with Crippen LogP contribution in [0.2, 0.25) is 0 Å². The highest BCUT2D eigenvalue weighted by Crippen LogP contribution is 2.26. The number of aryl methyl sites for hydroxylation is 1. The highest BCUT2D eigenvalue weighted by Gasteiger charge is 2.23. The molecule has 2 rings (SSSR count). The van der Waals surface area contributed by atoms with Gasteiger partial charge >= 0.3 is 0 Å². The summed E-state index contributed by atoms with van der Waals surface area (Å²) in [6.45, 7) is 7.20. The lowest BCUT2D eigenvalue weighted by Gasteiger charge is -2.19. The molecule has 0 bridgehead atoms. The zero-order chi connectivity index (χ0) is 15.6. The fourth-order valence-electron chi connectivity index (χ4n) is 2.02. The molecule has 21 heavy (non-hydrogen) atoms. The van der Waals surface area contributed by atoms with Gasteiger partial charge in [0, 0.05) is 6.92 Å². The van der Waals surface area contributed by atoms with Crippen molar-refractivity contribution in [2.45, 2.75) is 33.7 Å². The third-order valence-electron chi connectivity index (χ3n) is 3.08. The molecule has 0 radical (unpaired) electrons. The molecule has 0 unspecified atom stereocenters. The Hall–Kier alpha value is -1.95. The van der Waals surface area contributed by atoms with E-state index < -0.39 is 6.04 Å². The van der Waals surface area contributed by atoms with Crippen LogP contribution >= 0.6 is 11.3 Å². The van der Waals surface area contributed by atoms with E-state index in [0.29, 0.717) is 5.13 Å².